The molecule has 8 heteroatoms. The number of rotatable bonds is 3. The summed E-state index contributed by atoms with van der Waals surface area (Å²) < 4.78 is 14.9. The van der Waals surface area contributed by atoms with Crippen molar-refractivity contribution in [1.29, 1.82) is 0 Å². The third-order valence-corrected chi connectivity index (χ3v) is 4.15. The minimum atomic E-state index is -0.706. The van der Waals surface area contributed by atoms with Crippen molar-refractivity contribution >= 4 is 40.8 Å². The van der Waals surface area contributed by atoms with E-state index in [2.05, 4.69) is 0 Å². The van der Waals surface area contributed by atoms with E-state index in [9.17, 15) is 9.59 Å². The summed E-state index contributed by atoms with van der Waals surface area (Å²) in [4.78, 5) is 25.6. The van der Waals surface area contributed by atoms with Crippen molar-refractivity contribution in [2.24, 2.45) is 0 Å². The largest absolute Gasteiger partial charge is 0.466 e. The molecule has 0 radical (unpaired) electrons. The van der Waals surface area contributed by atoms with Crippen LogP contribution in [0.1, 0.15) is 5.56 Å². The molecule has 0 saturated heterocycles. The normalized spacial score (nSPS) is 14.7. The Kier molecular flexibility index (Phi) is 5.51. The Morgan fingerprint density at radius 1 is 1.17 bits per heavy atom. The zero-order valence-corrected chi connectivity index (χ0v) is 14.3. The van der Waals surface area contributed by atoms with E-state index in [4.69, 9.17) is 37.4 Å². The molecule has 1 heterocycles. The monoisotopic (exact) mass is 359 g/mol. The second-order valence-corrected chi connectivity index (χ2v) is 5.53. The van der Waals surface area contributed by atoms with Gasteiger partial charge < -0.3 is 19.1 Å². The Bertz CT molecular complexity index is 687. The van der Waals surface area contributed by atoms with Crippen LogP contribution in [0.4, 0.5) is 5.69 Å². The van der Waals surface area contributed by atoms with Crippen LogP contribution in [0.3, 0.4) is 0 Å². The molecule has 2 rings (SSSR count). The summed E-state index contributed by atoms with van der Waals surface area (Å²) >= 11 is 12.6. The highest BCUT2D eigenvalue weighted by atomic mass is 35.5. The number of nitrogens with zero attached hydrogens (tertiary/aromatic N) is 1. The molecule has 0 fully saturated rings. The molecule has 124 valence electrons. The van der Waals surface area contributed by atoms with Crippen molar-refractivity contribution in [3.05, 3.63) is 39.0 Å². The first-order valence-electron chi connectivity index (χ1n) is 6.62. The van der Waals surface area contributed by atoms with E-state index in [0.29, 0.717) is 15.7 Å². The van der Waals surface area contributed by atoms with E-state index in [0.717, 1.165) is 5.56 Å². The van der Waals surface area contributed by atoms with Crippen LogP contribution in [0.2, 0.25) is 10.0 Å². The zero-order chi connectivity index (χ0) is 17.1. The number of anilines is 1. The van der Waals surface area contributed by atoms with E-state index in [1.165, 1.54) is 19.1 Å². The second kappa shape index (κ2) is 7.21. The molecule has 1 aliphatic heterocycles. The Morgan fingerprint density at radius 3 is 2.43 bits per heavy atom. The van der Waals surface area contributed by atoms with Crippen LogP contribution in [0.15, 0.2) is 23.4 Å². The number of benzene rings is 1. The summed E-state index contributed by atoms with van der Waals surface area (Å²) in [7, 11) is 2.44. The fourth-order valence-corrected chi connectivity index (χ4v) is 2.78. The molecule has 6 nitrogen and oxygen atoms in total. The van der Waals surface area contributed by atoms with Crippen molar-refractivity contribution in [3.8, 4) is 0 Å². The minimum absolute atomic E-state index is 0.000000000000000444. The first-order chi connectivity index (χ1) is 10.9. The van der Waals surface area contributed by atoms with Crippen molar-refractivity contribution in [3.63, 3.8) is 0 Å². The molecule has 0 amide bonds. The third kappa shape index (κ3) is 3.29. The predicted octanol–water partition coefficient (Wildman–Crippen LogP) is 2.70. The first-order valence-corrected chi connectivity index (χ1v) is 7.37. The predicted molar refractivity (Wildman–Crippen MR) is 85.6 cm³/mol. The quantitative estimate of drug-likeness (QED) is 0.773. The van der Waals surface area contributed by atoms with Crippen molar-refractivity contribution in [2.45, 2.75) is 6.92 Å². The van der Waals surface area contributed by atoms with E-state index in [1.807, 2.05) is 0 Å². The van der Waals surface area contributed by atoms with Gasteiger partial charge in [0.2, 0.25) is 0 Å². The second-order valence-electron chi connectivity index (χ2n) is 4.74. The first kappa shape index (κ1) is 17.6. The molecular weight excluding hydrogens is 345 g/mol. The summed E-state index contributed by atoms with van der Waals surface area (Å²) in [6, 6.07) is 3.40. The van der Waals surface area contributed by atoms with Gasteiger partial charge in [0.25, 0.3) is 0 Å². The highest BCUT2D eigenvalue weighted by molar-refractivity contribution is 6.40. The van der Waals surface area contributed by atoms with Crippen LogP contribution in [-0.4, -0.2) is 39.5 Å². The Hall–Kier alpha value is -1.76. The fourth-order valence-electron chi connectivity index (χ4n) is 2.21. The van der Waals surface area contributed by atoms with Gasteiger partial charge in [-0.1, -0.05) is 29.3 Å². The molecule has 0 aliphatic carbocycles. The molecule has 0 aromatic heterocycles. The van der Waals surface area contributed by atoms with E-state index in [-0.39, 0.29) is 24.6 Å². The average Bonchev–Trinajstić information content (AvgIpc) is 2.56. The van der Waals surface area contributed by atoms with E-state index < -0.39 is 11.9 Å². The number of hydrogen-bond acceptors (Lipinski definition) is 6. The number of esters is 2. The Morgan fingerprint density at radius 2 is 1.83 bits per heavy atom. The molecule has 0 N–H and O–H groups in total. The maximum absolute atomic E-state index is 12.2. The molecule has 0 spiro atoms. The lowest BCUT2D eigenvalue weighted by atomic mass is 10.1. The van der Waals surface area contributed by atoms with Crippen LogP contribution in [0, 0.1) is 6.92 Å². The van der Waals surface area contributed by atoms with Gasteiger partial charge in [0.1, 0.15) is 12.4 Å². The maximum Gasteiger partial charge on any atom is 0.355 e. The van der Waals surface area contributed by atoms with Gasteiger partial charge >= 0.3 is 11.9 Å². The molecule has 0 bridgehead atoms. The molecular formula is C15H15Cl2NO5. The van der Waals surface area contributed by atoms with Crippen LogP contribution >= 0.6 is 23.2 Å². The lowest BCUT2D eigenvalue weighted by Crippen LogP contribution is -2.39. The number of ether oxygens (including phenoxy) is 3. The highest BCUT2D eigenvalue weighted by Crippen LogP contribution is 2.39. The van der Waals surface area contributed by atoms with Crippen LogP contribution in [0.5, 0.6) is 0 Å². The molecule has 0 atom stereocenters. The van der Waals surface area contributed by atoms with Gasteiger partial charge in [0.15, 0.2) is 0 Å². The van der Waals surface area contributed by atoms with Gasteiger partial charge in [0, 0.05) is 0 Å². The number of halogens is 2. The van der Waals surface area contributed by atoms with Crippen molar-refractivity contribution in [1.82, 2.24) is 0 Å². The van der Waals surface area contributed by atoms with Gasteiger partial charge in [-0.05, 0) is 18.6 Å². The van der Waals surface area contributed by atoms with Gasteiger partial charge in [-0.15, -0.1) is 0 Å². The molecule has 0 saturated carbocycles. The van der Waals surface area contributed by atoms with Gasteiger partial charge in [-0.2, -0.15) is 0 Å². The van der Waals surface area contributed by atoms with Crippen LogP contribution in [-0.2, 0) is 23.8 Å². The SMILES string of the molecule is COC(=O)C1=C(C(=O)OC)N(c2c(Cl)ccc(C)c2Cl)COC1. The van der Waals surface area contributed by atoms with E-state index in [1.54, 1.807) is 19.1 Å². The summed E-state index contributed by atoms with van der Waals surface area (Å²) in [6.45, 7) is 1.72. The number of methoxy groups -OCH3 is 2. The van der Waals surface area contributed by atoms with Gasteiger partial charge in [-0.3, -0.25) is 0 Å². The van der Waals surface area contributed by atoms with Gasteiger partial charge in [-0.25, -0.2) is 9.59 Å². The Balaban J connectivity index is 2.68. The number of carbonyl (C=O) groups excluding carboxylic acids is 2. The smallest absolute Gasteiger partial charge is 0.355 e. The average molecular weight is 360 g/mol. The standard InChI is InChI=1S/C15H15Cl2NO5/c1-8-4-5-10(16)13(11(8)17)18-7-23-6-9(14(19)21-2)12(18)15(20)22-3/h4-5H,6-7H2,1-3H3. The minimum Gasteiger partial charge on any atom is -0.466 e. The summed E-state index contributed by atoms with van der Waals surface area (Å²) in [5, 5.41) is 0.672. The topological polar surface area (TPSA) is 65.1 Å². The number of carbonyl (C=O) groups is 2. The van der Waals surface area contributed by atoms with Crippen LogP contribution in [0.25, 0.3) is 0 Å². The van der Waals surface area contributed by atoms with Crippen molar-refractivity contribution < 1.29 is 23.8 Å². The lowest BCUT2D eigenvalue weighted by molar-refractivity contribution is -0.140. The summed E-state index contributed by atoms with van der Waals surface area (Å²) in [5.74, 6) is -1.39. The van der Waals surface area contributed by atoms with Gasteiger partial charge in [0.05, 0.1) is 42.1 Å². The molecule has 1 aromatic carbocycles. The fraction of sp³-hybridized carbons (Fsp3) is 0.333. The highest BCUT2D eigenvalue weighted by Gasteiger charge is 2.34. The van der Waals surface area contributed by atoms with Crippen molar-refractivity contribution in [2.75, 3.05) is 32.5 Å². The molecule has 1 aromatic rings. The number of hydrogen-bond donors (Lipinski definition) is 0. The Labute approximate surface area is 143 Å². The molecule has 0 unspecified atom stereocenters. The lowest BCUT2D eigenvalue weighted by Gasteiger charge is -2.32. The van der Waals surface area contributed by atoms with E-state index >= 15 is 0 Å². The van der Waals surface area contributed by atoms with Crippen LogP contribution < -0.4 is 4.90 Å². The molecule has 23 heavy (non-hydrogen) atoms. The zero-order valence-electron chi connectivity index (χ0n) is 12.8. The summed E-state index contributed by atoms with van der Waals surface area (Å²) in [6.07, 6.45) is 0. The molecule has 1 aliphatic rings. The summed E-state index contributed by atoms with van der Waals surface area (Å²) in [5.41, 5.74) is 1.18. The number of aryl methyl sites for hydroxylation is 1. The third-order valence-electron chi connectivity index (χ3n) is 3.36. The maximum atomic E-state index is 12.2.